The predicted molar refractivity (Wildman–Crippen MR) is 82.1 cm³/mol. The van der Waals surface area contributed by atoms with Crippen LogP contribution in [-0.2, 0) is 20.9 Å². The first-order valence-electron chi connectivity index (χ1n) is 7.24. The molecule has 0 aliphatic carbocycles. The predicted octanol–water partition coefficient (Wildman–Crippen LogP) is 0.812. The molecule has 0 spiro atoms. The highest BCUT2D eigenvalue weighted by molar-refractivity contribution is 5.99. The number of fused-ring (bicyclic) bond motifs is 1. The van der Waals surface area contributed by atoms with Crippen LogP contribution in [0.2, 0.25) is 0 Å². The van der Waals surface area contributed by atoms with Crippen LogP contribution in [0.25, 0.3) is 0 Å². The van der Waals surface area contributed by atoms with Crippen LogP contribution in [0.1, 0.15) is 25.8 Å². The van der Waals surface area contributed by atoms with Crippen LogP contribution in [0.5, 0.6) is 0 Å². The van der Waals surface area contributed by atoms with Gasteiger partial charge in [-0.15, -0.1) is 0 Å². The highest BCUT2D eigenvalue weighted by Gasteiger charge is 2.35. The fourth-order valence-corrected chi connectivity index (χ4v) is 2.42. The normalized spacial score (nSPS) is 18.8. The lowest BCUT2D eigenvalue weighted by Crippen LogP contribution is -2.46. The van der Waals surface area contributed by atoms with E-state index in [1.165, 1.54) is 0 Å². The van der Waals surface area contributed by atoms with Crippen LogP contribution in [-0.4, -0.2) is 36.2 Å². The van der Waals surface area contributed by atoms with Gasteiger partial charge in [-0.25, -0.2) is 0 Å². The molecule has 0 aromatic heterocycles. The molecule has 6 heteroatoms. The molecule has 1 atom stereocenters. The van der Waals surface area contributed by atoms with Crippen LogP contribution < -0.4 is 10.6 Å². The number of ether oxygens (including phenoxy) is 1. The van der Waals surface area contributed by atoms with Crippen molar-refractivity contribution in [1.29, 1.82) is 0 Å². The number of aliphatic hydroxyl groups is 1. The van der Waals surface area contributed by atoms with E-state index >= 15 is 0 Å². The van der Waals surface area contributed by atoms with Crippen LogP contribution in [0, 0.1) is 5.41 Å². The van der Waals surface area contributed by atoms with Gasteiger partial charge in [0.05, 0.1) is 13.0 Å². The zero-order valence-corrected chi connectivity index (χ0v) is 12.9. The lowest BCUT2D eigenvalue weighted by atomic mass is 9.93. The molecule has 0 saturated heterocycles. The topological polar surface area (TPSA) is 92.9 Å². The SMILES string of the molecule is CC(C)(CO)CN1C(=O)C(CC(N)=O)OCc2ccccc21. The van der Waals surface area contributed by atoms with Crippen LogP contribution in [0.4, 0.5) is 5.69 Å². The van der Waals surface area contributed by atoms with Crippen molar-refractivity contribution < 1.29 is 19.4 Å². The van der Waals surface area contributed by atoms with Gasteiger partial charge in [-0.2, -0.15) is 0 Å². The van der Waals surface area contributed by atoms with Crippen molar-refractivity contribution in [3.8, 4) is 0 Å². The Morgan fingerprint density at radius 2 is 2.14 bits per heavy atom. The molecule has 6 nitrogen and oxygen atoms in total. The van der Waals surface area contributed by atoms with Crippen molar-refractivity contribution in [3.63, 3.8) is 0 Å². The van der Waals surface area contributed by atoms with Crippen molar-refractivity contribution in [1.82, 2.24) is 0 Å². The van der Waals surface area contributed by atoms with Crippen molar-refractivity contribution in [2.45, 2.75) is 33.0 Å². The van der Waals surface area contributed by atoms with E-state index in [0.717, 1.165) is 11.3 Å². The minimum Gasteiger partial charge on any atom is -0.396 e. The third-order valence-electron chi connectivity index (χ3n) is 3.66. The second-order valence-electron chi connectivity index (χ2n) is 6.35. The smallest absolute Gasteiger partial charge is 0.256 e. The van der Waals surface area contributed by atoms with Gasteiger partial charge >= 0.3 is 0 Å². The monoisotopic (exact) mass is 306 g/mol. The molecular formula is C16H22N2O4. The van der Waals surface area contributed by atoms with Gasteiger partial charge in [0.15, 0.2) is 0 Å². The summed E-state index contributed by atoms with van der Waals surface area (Å²) in [6, 6.07) is 7.45. The van der Waals surface area contributed by atoms with Crippen molar-refractivity contribution in [3.05, 3.63) is 29.8 Å². The van der Waals surface area contributed by atoms with Crippen molar-refractivity contribution >= 4 is 17.5 Å². The van der Waals surface area contributed by atoms with E-state index in [1.807, 2.05) is 38.1 Å². The molecule has 0 radical (unpaired) electrons. The van der Waals surface area contributed by atoms with Gasteiger partial charge in [0.25, 0.3) is 5.91 Å². The fraction of sp³-hybridized carbons (Fsp3) is 0.500. The number of carbonyl (C=O) groups excluding carboxylic acids is 2. The Morgan fingerprint density at radius 1 is 1.45 bits per heavy atom. The standard InChI is InChI=1S/C16H22N2O4/c1-16(2,10-19)9-18-12-6-4-3-5-11(12)8-22-13(15(18)21)7-14(17)20/h3-6,13,19H,7-10H2,1-2H3,(H2,17,20). The number of primary amides is 1. The zero-order chi connectivity index (χ0) is 16.3. The highest BCUT2D eigenvalue weighted by Crippen LogP contribution is 2.30. The minimum atomic E-state index is -0.889. The number of para-hydroxylation sites is 1. The van der Waals surface area contributed by atoms with Gasteiger partial charge in [-0.3, -0.25) is 9.59 Å². The summed E-state index contributed by atoms with van der Waals surface area (Å²) >= 11 is 0. The lowest BCUT2D eigenvalue weighted by molar-refractivity contribution is -0.135. The number of aliphatic hydroxyl groups excluding tert-OH is 1. The molecule has 1 aliphatic heterocycles. The number of nitrogens with two attached hydrogens (primary N) is 1. The summed E-state index contributed by atoms with van der Waals surface area (Å²) in [5.74, 6) is -0.879. The summed E-state index contributed by atoms with van der Waals surface area (Å²) in [7, 11) is 0. The number of anilines is 1. The van der Waals surface area contributed by atoms with Gasteiger partial charge in [0, 0.05) is 29.8 Å². The zero-order valence-electron chi connectivity index (χ0n) is 12.9. The van der Waals surface area contributed by atoms with Gasteiger partial charge in [-0.05, 0) is 6.07 Å². The number of hydrogen-bond acceptors (Lipinski definition) is 4. The molecule has 1 heterocycles. The number of benzene rings is 1. The van der Waals surface area contributed by atoms with Gasteiger partial charge < -0.3 is 20.5 Å². The number of amides is 2. The lowest BCUT2D eigenvalue weighted by Gasteiger charge is -2.32. The molecule has 0 bridgehead atoms. The van der Waals surface area contributed by atoms with Gasteiger partial charge in [0.2, 0.25) is 5.91 Å². The van der Waals surface area contributed by atoms with Crippen molar-refractivity contribution in [2.75, 3.05) is 18.1 Å². The first-order valence-corrected chi connectivity index (χ1v) is 7.24. The van der Waals surface area contributed by atoms with Gasteiger partial charge in [0.1, 0.15) is 6.10 Å². The molecule has 0 saturated carbocycles. The van der Waals surface area contributed by atoms with Crippen molar-refractivity contribution in [2.24, 2.45) is 11.1 Å². The molecule has 2 amide bonds. The maximum Gasteiger partial charge on any atom is 0.256 e. The summed E-state index contributed by atoms with van der Waals surface area (Å²) in [6.45, 7) is 4.27. The van der Waals surface area contributed by atoms with E-state index in [9.17, 15) is 14.7 Å². The molecule has 3 N–H and O–H groups in total. The molecule has 1 aliphatic rings. The number of carbonyl (C=O) groups is 2. The number of rotatable bonds is 5. The molecular weight excluding hydrogens is 284 g/mol. The second kappa shape index (κ2) is 6.46. The van der Waals surface area contributed by atoms with E-state index in [-0.39, 0.29) is 25.5 Å². The molecule has 0 fully saturated rings. The molecule has 2 rings (SSSR count). The largest absolute Gasteiger partial charge is 0.396 e. The fourth-order valence-electron chi connectivity index (χ4n) is 2.42. The maximum absolute atomic E-state index is 12.7. The number of hydrogen-bond donors (Lipinski definition) is 2. The Balaban J connectivity index is 2.38. The Bertz CT molecular complexity index is 571. The van der Waals surface area contributed by atoms with Crippen LogP contribution >= 0.6 is 0 Å². The summed E-state index contributed by atoms with van der Waals surface area (Å²) in [5.41, 5.74) is 6.37. The number of nitrogens with zero attached hydrogens (tertiary/aromatic N) is 1. The quantitative estimate of drug-likeness (QED) is 0.842. The summed E-state index contributed by atoms with van der Waals surface area (Å²) in [6.07, 6.45) is -1.04. The highest BCUT2D eigenvalue weighted by atomic mass is 16.5. The Labute approximate surface area is 129 Å². The first kappa shape index (κ1) is 16.5. The van der Waals surface area contributed by atoms with E-state index in [4.69, 9.17) is 10.5 Å². The second-order valence-corrected chi connectivity index (χ2v) is 6.35. The summed E-state index contributed by atoms with van der Waals surface area (Å²) < 4.78 is 5.58. The molecule has 1 unspecified atom stereocenters. The maximum atomic E-state index is 12.7. The Morgan fingerprint density at radius 3 is 2.77 bits per heavy atom. The van der Waals surface area contributed by atoms with E-state index in [0.29, 0.717) is 6.54 Å². The van der Waals surface area contributed by atoms with Crippen LogP contribution in [0.15, 0.2) is 24.3 Å². The molecule has 1 aromatic rings. The van der Waals surface area contributed by atoms with E-state index in [1.54, 1.807) is 4.90 Å². The van der Waals surface area contributed by atoms with E-state index < -0.39 is 17.4 Å². The van der Waals surface area contributed by atoms with E-state index in [2.05, 4.69) is 0 Å². The molecule has 1 aromatic carbocycles. The van der Waals surface area contributed by atoms with Gasteiger partial charge in [-0.1, -0.05) is 32.0 Å². The third kappa shape index (κ3) is 3.64. The summed E-state index contributed by atoms with van der Waals surface area (Å²) in [5, 5.41) is 9.50. The molecule has 22 heavy (non-hydrogen) atoms. The Kier molecular flexibility index (Phi) is 4.83. The van der Waals surface area contributed by atoms with Crippen LogP contribution in [0.3, 0.4) is 0 Å². The minimum absolute atomic E-state index is 0.0553. The average molecular weight is 306 g/mol. The third-order valence-corrected chi connectivity index (χ3v) is 3.66. The Hall–Kier alpha value is -1.92. The summed E-state index contributed by atoms with van der Waals surface area (Å²) in [4.78, 5) is 25.5. The average Bonchev–Trinajstić information content (AvgIpc) is 2.59. The first-order chi connectivity index (χ1) is 10.3. The molecule has 120 valence electrons.